The van der Waals surface area contributed by atoms with Crippen LogP contribution < -0.4 is 4.74 Å². The summed E-state index contributed by atoms with van der Waals surface area (Å²) in [6, 6.07) is 7.05. The zero-order valence-electron chi connectivity index (χ0n) is 8.47. The second kappa shape index (κ2) is 3.27. The van der Waals surface area contributed by atoms with Crippen LogP contribution in [0.3, 0.4) is 0 Å². The fourth-order valence-corrected chi connectivity index (χ4v) is 2.38. The van der Waals surface area contributed by atoms with Crippen molar-refractivity contribution in [3.05, 3.63) is 30.5 Å². The van der Waals surface area contributed by atoms with E-state index in [1.165, 1.54) is 16.4 Å². The van der Waals surface area contributed by atoms with Crippen molar-refractivity contribution < 1.29 is 13.2 Å². The summed E-state index contributed by atoms with van der Waals surface area (Å²) in [6.45, 7) is 0. The van der Waals surface area contributed by atoms with Crippen LogP contribution >= 0.6 is 0 Å². The number of nitrogens with zero attached hydrogens (tertiary/aromatic N) is 1. The molecule has 5 heteroatoms. The lowest BCUT2D eigenvalue weighted by Crippen LogP contribution is -2.07. The molecule has 0 atom stereocenters. The van der Waals surface area contributed by atoms with Gasteiger partial charge >= 0.3 is 0 Å². The number of aromatic nitrogens is 1. The molecule has 2 aromatic rings. The Morgan fingerprint density at radius 2 is 2.00 bits per heavy atom. The van der Waals surface area contributed by atoms with Crippen LogP contribution in [-0.4, -0.2) is 25.8 Å². The fraction of sp³-hybridized carbons (Fsp3) is 0.200. The zero-order chi connectivity index (χ0) is 11.1. The highest BCUT2D eigenvalue weighted by Crippen LogP contribution is 2.26. The van der Waals surface area contributed by atoms with Crippen LogP contribution in [0.15, 0.2) is 30.5 Å². The largest absolute Gasteiger partial charge is 0.496 e. The van der Waals surface area contributed by atoms with Crippen molar-refractivity contribution in [2.24, 2.45) is 0 Å². The first-order chi connectivity index (χ1) is 7.04. The summed E-state index contributed by atoms with van der Waals surface area (Å²) in [6.07, 6.45) is 2.70. The number of ether oxygens (including phenoxy) is 1. The third-order valence-electron chi connectivity index (χ3n) is 2.23. The van der Waals surface area contributed by atoms with E-state index >= 15 is 0 Å². The van der Waals surface area contributed by atoms with Crippen molar-refractivity contribution in [1.29, 1.82) is 0 Å². The molecular weight excluding hydrogens is 214 g/mol. The van der Waals surface area contributed by atoms with E-state index in [0.29, 0.717) is 11.3 Å². The van der Waals surface area contributed by atoms with Crippen LogP contribution in [0, 0.1) is 0 Å². The van der Waals surface area contributed by atoms with Gasteiger partial charge in [-0.05, 0) is 18.2 Å². The lowest BCUT2D eigenvalue weighted by Gasteiger charge is -2.04. The van der Waals surface area contributed by atoms with E-state index in [2.05, 4.69) is 0 Å². The summed E-state index contributed by atoms with van der Waals surface area (Å²) in [5.74, 6) is 0.676. The molecule has 0 aliphatic rings. The molecular formula is C10H11NO3S. The number of rotatable bonds is 2. The summed E-state index contributed by atoms with van der Waals surface area (Å²) in [5.41, 5.74) is 0.636. The average molecular weight is 225 g/mol. The second-order valence-electron chi connectivity index (χ2n) is 3.27. The van der Waals surface area contributed by atoms with Gasteiger partial charge in [0, 0.05) is 11.6 Å². The van der Waals surface area contributed by atoms with E-state index in [1.807, 2.05) is 0 Å². The summed E-state index contributed by atoms with van der Waals surface area (Å²) < 4.78 is 29.2. The molecule has 0 aliphatic carbocycles. The third kappa shape index (κ3) is 1.59. The molecule has 0 saturated heterocycles. The maximum Gasteiger partial charge on any atom is 0.236 e. The van der Waals surface area contributed by atoms with Crippen molar-refractivity contribution in [1.82, 2.24) is 3.97 Å². The molecule has 80 valence electrons. The molecule has 0 amide bonds. The molecule has 0 bridgehead atoms. The summed E-state index contributed by atoms with van der Waals surface area (Å²) in [7, 11) is -1.69. The van der Waals surface area contributed by atoms with Crippen LogP contribution in [-0.2, 0) is 10.0 Å². The van der Waals surface area contributed by atoms with E-state index < -0.39 is 10.0 Å². The van der Waals surface area contributed by atoms with Crippen molar-refractivity contribution >= 4 is 20.9 Å². The van der Waals surface area contributed by atoms with E-state index in [4.69, 9.17) is 4.74 Å². The first-order valence-corrected chi connectivity index (χ1v) is 6.23. The number of methoxy groups -OCH3 is 1. The Bertz CT molecular complexity index is 598. The minimum Gasteiger partial charge on any atom is -0.496 e. The van der Waals surface area contributed by atoms with Gasteiger partial charge in [0.2, 0.25) is 10.0 Å². The molecule has 0 radical (unpaired) electrons. The molecule has 15 heavy (non-hydrogen) atoms. The Kier molecular flexibility index (Phi) is 2.19. The highest BCUT2D eigenvalue weighted by Gasteiger charge is 2.11. The van der Waals surface area contributed by atoms with Gasteiger partial charge < -0.3 is 4.74 Å². The molecule has 0 N–H and O–H groups in total. The average Bonchev–Trinajstić information content (AvgIpc) is 2.59. The van der Waals surface area contributed by atoms with E-state index in [9.17, 15) is 8.42 Å². The van der Waals surface area contributed by atoms with Crippen LogP contribution in [0.25, 0.3) is 10.9 Å². The topological polar surface area (TPSA) is 48.3 Å². The lowest BCUT2D eigenvalue weighted by atomic mass is 10.2. The third-order valence-corrected chi connectivity index (χ3v) is 3.27. The number of hydrogen-bond donors (Lipinski definition) is 0. The first-order valence-electron chi connectivity index (χ1n) is 4.38. The molecule has 0 aliphatic heterocycles. The molecule has 1 aromatic carbocycles. The fourth-order valence-electron chi connectivity index (χ4n) is 1.58. The van der Waals surface area contributed by atoms with Crippen molar-refractivity contribution in [2.75, 3.05) is 13.4 Å². The minimum atomic E-state index is -3.25. The molecule has 4 nitrogen and oxygen atoms in total. The summed E-state index contributed by atoms with van der Waals surface area (Å²) in [5, 5.41) is 0.797. The minimum absolute atomic E-state index is 0.636. The molecule has 1 aromatic heterocycles. The Hall–Kier alpha value is -1.49. The van der Waals surface area contributed by atoms with Crippen LogP contribution in [0.5, 0.6) is 5.75 Å². The van der Waals surface area contributed by atoms with Crippen molar-refractivity contribution in [2.45, 2.75) is 0 Å². The first kappa shape index (κ1) is 10.0. The molecule has 0 saturated carbocycles. The zero-order valence-corrected chi connectivity index (χ0v) is 9.28. The van der Waals surface area contributed by atoms with E-state index in [1.54, 1.807) is 31.4 Å². The van der Waals surface area contributed by atoms with Gasteiger partial charge in [-0.15, -0.1) is 0 Å². The Labute approximate surface area is 88.1 Å². The molecule has 2 rings (SSSR count). The number of benzene rings is 1. The van der Waals surface area contributed by atoms with Gasteiger partial charge in [0.15, 0.2) is 0 Å². The van der Waals surface area contributed by atoms with Crippen LogP contribution in [0.2, 0.25) is 0 Å². The normalized spacial score (nSPS) is 11.9. The predicted molar refractivity (Wildman–Crippen MR) is 58.7 cm³/mol. The molecule has 1 heterocycles. The van der Waals surface area contributed by atoms with Gasteiger partial charge in [0.05, 0.1) is 18.9 Å². The van der Waals surface area contributed by atoms with E-state index in [-0.39, 0.29) is 0 Å². The number of hydrogen-bond acceptors (Lipinski definition) is 3. The molecule has 0 unspecified atom stereocenters. The standard InChI is InChI=1S/C10H11NO3S/c1-14-10-5-3-4-9-8(10)6-7-11(9)15(2,12)13/h3-7H,1-2H3. The highest BCUT2D eigenvalue weighted by molar-refractivity contribution is 7.89. The SMILES string of the molecule is COc1cccc2c1ccn2S(C)(=O)=O. The van der Waals surface area contributed by atoms with Gasteiger partial charge in [-0.3, -0.25) is 0 Å². The van der Waals surface area contributed by atoms with Gasteiger partial charge in [0.25, 0.3) is 0 Å². The maximum atomic E-state index is 11.4. The Balaban J connectivity index is 2.83. The van der Waals surface area contributed by atoms with Crippen molar-refractivity contribution in [3.8, 4) is 5.75 Å². The van der Waals surface area contributed by atoms with Crippen LogP contribution in [0.1, 0.15) is 0 Å². The van der Waals surface area contributed by atoms with Crippen LogP contribution in [0.4, 0.5) is 0 Å². The quantitative estimate of drug-likeness (QED) is 0.777. The highest BCUT2D eigenvalue weighted by atomic mass is 32.2. The Morgan fingerprint density at radius 1 is 1.27 bits per heavy atom. The van der Waals surface area contributed by atoms with Gasteiger partial charge in [0.1, 0.15) is 5.75 Å². The smallest absolute Gasteiger partial charge is 0.236 e. The van der Waals surface area contributed by atoms with Crippen molar-refractivity contribution in [3.63, 3.8) is 0 Å². The number of fused-ring (bicyclic) bond motifs is 1. The lowest BCUT2D eigenvalue weighted by molar-refractivity contribution is 0.420. The summed E-state index contributed by atoms with van der Waals surface area (Å²) >= 11 is 0. The molecule has 0 fully saturated rings. The van der Waals surface area contributed by atoms with Gasteiger partial charge in [-0.1, -0.05) is 6.07 Å². The summed E-state index contributed by atoms with van der Waals surface area (Å²) in [4.78, 5) is 0. The van der Waals surface area contributed by atoms with E-state index in [0.717, 1.165) is 5.39 Å². The predicted octanol–water partition coefficient (Wildman–Crippen LogP) is 1.46. The van der Waals surface area contributed by atoms with Gasteiger partial charge in [-0.25, -0.2) is 12.4 Å². The Morgan fingerprint density at radius 3 is 2.60 bits per heavy atom. The second-order valence-corrected chi connectivity index (χ2v) is 5.13. The maximum absolute atomic E-state index is 11.4. The van der Waals surface area contributed by atoms with Gasteiger partial charge in [-0.2, -0.15) is 0 Å². The molecule has 0 spiro atoms. The monoisotopic (exact) mass is 225 g/mol.